The molecule has 0 radical (unpaired) electrons. The molecule has 4 heteroatoms. The molecule has 146 valence electrons. The molecule has 3 N–H and O–H groups in total. The van der Waals surface area contributed by atoms with Crippen LogP contribution in [0, 0.1) is 0 Å². The molecule has 1 atom stereocenters. The summed E-state index contributed by atoms with van der Waals surface area (Å²) in [6.45, 7) is 4.37. The van der Waals surface area contributed by atoms with E-state index < -0.39 is 0 Å². The molecule has 0 aromatic heterocycles. The highest BCUT2D eigenvalue weighted by Gasteiger charge is 2.04. The van der Waals surface area contributed by atoms with Gasteiger partial charge in [-0.05, 0) is 6.42 Å². The molecule has 0 aromatic rings. The molecule has 0 spiro atoms. The van der Waals surface area contributed by atoms with Gasteiger partial charge in [-0.25, -0.2) is 0 Å². The monoisotopic (exact) mass is 407 g/mol. The van der Waals surface area contributed by atoms with Gasteiger partial charge in [0.25, 0.3) is 0 Å². The van der Waals surface area contributed by atoms with Gasteiger partial charge in [0.2, 0.25) is 0 Å². The van der Waals surface area contributed by atoms with Crippen LogP contribution in [0.5, 0.6) is 0 Å². The fourth-order valence-corrected chi connectivity index (χ4v) is 2.82. The second-order valence-corrected chi connectivity index (χ2v) is 7.01. The number of Topliss-reactive ketones (excluding diaryl/α,β-unsaturated/α-hetero) is 1. The van der Waals surface area contributed by atoms with Gasteiger partial charge in [-0.15, -0.1) is 0 Å². The topological polar surface area (TPSA) is 53.9 Å². The van der Waals surface area contributed by atoms with Gasteiger partial charge in [0.15, 0.2) is 12.0 Å². The van der Waals surface area contributed by atoms with Crippen LogP contribution in [-0.2, 0) is 9.53 Å². The maximum absolute atomic E-state index is 11.5. The van der Waals surface area contributed by atoms with E-state index in [0.29, 0.717) is 6.42 Å². The van der Waals surface area contributed by atoms with E-state index in [2.05, 4.69) is 12.7 Å². The number of halogens is 1. The van der Waals surface area contributed by atoms with Gasteiger partial charge in [-0.3, -0.25) is 4.79 Å². The van der Waals surface area contributed by atoms with E-state index >= 15 is 0 Å². The number of carbonyl (C=O) groups excluding carboxylic acids is 1. The highest BCUT2D eigenvalue weighted by Crippen LogP contribution is 2.13. The lowest BCUT2D eigenvalue weighted by Gasteiger charge is -2.05. The maximum Gasteiger partial charge on any atom is 0.186 e. The van der Waals surface area contributed by atoms with Gasteiger partial charge in [-0.1, -0.05) is 90.4 Å². The number of hydrogen-bond donors (Lipinski definition) is 1. The zero-order valence-electron chi connectivity index (χ0n) is 16.3. The van der Waals surface area contributed by atoms with Crippen LogP contribution in [0.25, 0.3) is 0 Å². The van der Waals surface area contributed by atoms with E-state index in [4.69, 9.17) is 4.74 Å². The van der Waals surface area contributed by atoms with Crippen molar-refractivity contribution in [2.45, 2.75) is 116 Å². The first-order chi connectivity index (χ1) is 11.2. The quantitative estimate of drug-likeness (QED) is 0.279. The third kappa shape index (κ3) is 22.1. The fraction of sp³-hybridized carbons (Fsp3) is 0.950. The molecule has 0 saturated carbocycles. The standard InChI is InChI=1S/C20H41NO2.BrH/c1-3-4-5-6-7-8-9-10-11-12-13-14-15-16-17-20(22)18-23-19(2)21;/h19H,3-18,21H2,1-2H3;1H. The molecule has 1 unspecified atom stereocenters. The first kappa shape index (κ1) is 26.3. The normalized spacial score (nSPS) is 12.0. The Kier molecular flexibility index (Phi) is 23.1. The number of ketones is 1. The summed E-state index contributed by atoms with van der Waals surface area (Å²) in [7, 11) is 0. The molecule has 0 amide bonds. The van der Waals surface area contributed by atoms with Crippen molar-refractivity contribution in [3.8, 4) is 0 Å². The number of quaternary nitrogens is 1. The molecule has 0 saturated heterocycles. The number of carbonyl (C=O) groups is 1. The van der Waals surface area contributed by atoms with Crippen molar-refractivity contribution in [2.75, 3.05) is 6.61 Å². The fourth-order valence-electron chi connectivity index (χ4n) is 2.82. The minimum absolute atomic E-state index is 0. The summed E-state index contributed by atoms with van der Waals surface area (Å²) in [5.41, 5.74) is 3.71. The zero-order valence-corrected chi connectivity index (χ0v) is 17.9. The van der Waals surface area contributed by atoms with Gasteiger partial charge in [0, 0.05) is 13.3 Å². The van der Waals surface area contributed by atoms with Crippen LogP contribution in [0.2, 0.25) is 0 Å². The molecule has 24 heavy (non-hydrogen) atoms. The van der Waals surface area contributed by atoms with Crippen molar-refractivity contribution in [2.24, 2.45) is 0 Å². The Morgan fingerprint density at radius 3 is 1.54 bits per heavy atom. The van der Waals surface area contributed by atoms with Crippen molar-refractivity contribution in [3.63, 3.8) is 0 Å². The van der Waals surface area contributed by atoms with E-state index in [-0.39, 0.29) is 35.6 Å². The van der Waals surface area contributed by atoms with Crippen LogP contribution in [0.4, 0.5) is 0 Å². The average molecular weight is 408 g/mol. The van der Waals surface area contributed by atoms with Gasteiger partial charge in [-0.2, -0.15) is 0 Å². The van der Waals surface area contributed by atoms with Gasteiger partial charge in [0.05, 0.1) is 0 Å². The molecule has 0 fully saturated rings. The molecule has 0 aromatic carbocycles. The van der Waals surface area contributed by atoms with E-state index in [1.54, 1.807) is 0 Å². The van der Waals surface area contributed by atoms with Crippen LogP contribution in [-0.4, -0.2) is 18.6 Å². The second-order valence-electron chi connectivity index (χ2n) is 7.01. The number of unbranched alkanes of at least 4 members (excludes halogenated alkanes) is 13. The Bertz CT molecular complexity index is 260. The third-order valence-corrected chi connectivity index (χ3v) is 4.34. The SMILES string of the molecule is CCCCCCCCCCCCCCCCC(=O)COC(C)[NH3+].[Br-]. The third-order valence-electron chi connectivity index (χ3n) is 4.34. The van der Waals surface area contributed by atoms with E-state index in [0.717, 1.165) is 6.42 Å². The summed E-state index contributed by atoms with van der Waals surface area (Å²) in [4.78, 5) is 11.5. The number of hydrogen-bond acceptors (Lipinski definition) is 2. The molecular formula is C20H42BrNO2. The van der Waals surface area contributed by atoms with Crippen LogP contribution in [0.1, 0.15) is 110 Å². The average Bonchev–Trinajstić information content (AvgIpc) is 2.53. The maximum atomic E-state index is 11.5. The van der Waals surface area contributed by atoms with E-state index in [1.165, 1.54) is 83.5 Å². The smallest absolute Gasteiger partial charge is 0.186 e. The van der Waals surface area contributed by atoms with Crippen molar-refractivity contribution >= 4 is 5.78 Å². The Labute approximate surface area is 161 Å². The summed E-state index contributed by atoms with van der Waals surface area (Å²) in [5, 5.41) is 0. The van der Waals surface area contributed by atoms with Crippen LogP contribution in [0.3, 0.4) is 0 Å². The molecule has 0 aliphatic heterocycles. The van der Waals surface area contributed by atoms with E-state index in [1.807, 2.05) is 6.92 Å². The summed E-state index contributed by atoms with van der Waals surface area (Å²) in [6.07, 6.45) is 19.5. The van der Waals surface area contributed by atoms with Gasteiger partial charge < -0.3 is 27.5 Å². The van der Waals surface area contributed by atoms with Crippen LogP contribution >= 0.6 is 0 Å². The molecule has 0 heterocycles. The predicted molar refractivity (Wildman–Crippen MR) is 98.2 cm³/mol. The number of rotatable bonds is 18. The molecule has 0 aliphatic carbocycles. The first-order valence-corrected chi connectivity index (χ1v) is 10.1. The zero-order chi connectivity index (χ0) is 17.2. The molecule has 3 nitrogen and oxygen atoms in total. The van der Waals surface area contributed by atoms with E-state index in [9.17, 15) is 4.79 Å². The van der Waals surface area contributed by atoms with Crippen molar-refractivity contribution in [3.05, 3.63) is 0 Å². The summed E-state index contributed by atoms with van der Waals surface area (Å²) < 4.78 is 5.21. The molecule has 0 rings (SSSR count). The minimum atomic E-state index is -0.0877. The Morgan fingerprint density at radius 1 is 0.792 bits per heavy atom. The minimum Gasteiger partial charge on any atom is -1.00 e. The van der Waals surface area contributed by atoms with Crippen molar-refractivity contribution in [1.82, 2.24) is 0 Å². The molecule has 0 aliphatic rings. The summed E-state index contributed by atoms with van der Waals surface area (Å²) >= 11 is 0. The highest BCUT2D eigenvalue weighted by molar-refractivity contribution is 5.79. The second kappa shape index (κ2) is 21.1. The lowest BCUT2D eigenvalue weighted by Crippen LogP contribution is -3.00. The Morgan fingerprint density at radius 2 is 1.17 bits per heavy atom. The van der Waals surface area contributed by atoms with Crippen molar-refractivity contribution in [1.29, 1.82) is 0 Å². The van der Waals surface area contributed by atoms with Crippen LogP contribution < -0.4 is 22.7 Å². The van der Waals surface area contributed by atoms with Crippen LogP contribution in [0.15, 0.2) is 0 Å². The van der Waals surface area contributed by atoms with Gasteiger partial charge >= 0.3 is 0 Å². The lowest BCUT2D eigenvalue weighted by molar-refractivity contribution is -0.483. The number of ether oxygens (including phenoxy) is 1. The predicted octanol–water partition coefficient (Wildman–Crippen LogP) is 2.04. The highest BCUT2D eigenvalue weighted by atomic mass is 79.9. The Balaban J connectivity index is 0. The Hall–Kier alpha value is 0.0700. The molecular weight excluding hydrogens is 366 g/mol. The first-order valence-electron chi connectivity index (χ1n) is 10.1. The summed E-state index contributed by atoms with van der Waals surface area (Å²) in [6, 6.07) is 0. The van der Waals surface area contributed by atoms with Crippen molar-refractivity contribution < 1.29 is 32.2 Å². The summed E-state index contributed by atoms with van der Waals surface area (Å²) in [5.74, 6) is 0.222. The largest absolute Gasteiger partial charge is 1.00 e. The lowest BCUT2D eigenvalue weighted by atomic mass is 10.0. The van der Waals surface area contributed by atoms with Gasteiger partial charge in [0.1, 0.15) is 6.61 Å². The molecule has 0 bridgehead atoms.